The molecular weight excluding hydrogens is 356 g/mol. The Morgan fingerprint density at radius 2 is 2.11 bits per heavy atom. The van der Waals surface area contributed by atoms with E-state index in [9.17, 15) is 0 Å². The van der Waals surface area contributed by atoms with Gasteiger partial charge >= 0.3 is 0 Å². The summed E-state index contributed by atoms with van der Waals surface area (Å²) in [6.45, 7) is 9.03. The van der Waals surface area contributed by atoms with Gasteiger partial charge in [0.05, 0.1) is 29.6 Å². The SMILES string of the molecule is COC(C)c1cc2c(Nc3cc([C@H]4C[CH]CO4)nn3C(C)(C)C)nccn2n1. The Morgan fingerprint density at radius 1 is 1.29 bits per heavy atom. The molecule has 0 saturated carbocycles. The summed E-state index contributed by atoms with van der Waals surface area (Å²) in [7, 11) is 1.68. The molecule has 4 heterocycles. The van der Waals surface area contributed by atoms with Gasteiger partial charge in [0.15, 0.2) is 5.82 Å². The van der Waals surface area contributed by atoms with E-state index in [0.717, 1.165) is 35.0 Å². The van der Waals surface area contributed by atoms with Gasteiger partial charge in [-0.2, -0.15) is 10.2 Å². The first-order valence-corrected chi connectivity index (χ1v) is 9.54. The fourth-order valence-electron chi connectivity index (χ4n) is 3.31. The lowest BCUT2D eigenvalue weighted by Gasteiger charge is -2.22. The van der Waals surface area contributed by atoms with Gasteiger partial charge in [0, 0.05) is 25.6 Å². The molecule has 4 rings (SSSR count). The monoisotopic (exact) mass is 383 g/mol. The maximum Gasteiger partial charge on any atom is 0.157 e. The van der Waals surface area contributed by atoms with Crippen molar-refractivity contribution in [2.45, 2.75) is 51.9 Å². The number of nitrogens with one attached hydrogen (secondary N) is 1. The van der Waals surface area contributed by atoms with Crippen LogP contribution in [0.3, 0.4) is 0 Å². The molecule has 1 unspecified atom stereocenters. The van der Waals surface area contributed by atoms with E-state index in [1.807, 2.05) is 28.4 Å². The molecule has 1 saturated heterocycles. The predicted molar refractivity (Wildman–Crippen MR) is 107 cm³/mol. The van der Waals surface area contributed by atoms with Crippen LogP contribution in [0.1, 0.15) is 57.7 Å². The van der Waals surface area contributed by atoms with Gasteiger partial charge in [0.1, 0.15) is 17.4 Å². The Bertz CT molecular complexity index is 965. The molecule has 149 valence electrons. The van der Waals surface area contributed by atoms with E-state index in [2.05, 4.69) is 48.7 Å². The standard InChI is InChI=1S/C20H27N6O2/c1-13(27-5)14-11-16-19(21-8-9-25(16)23-14)22-18-12-15(17-7-6-10-28-17)24-26(18)20(2,3)4/h6,8-9,11-13,17H,7,10H2,1-5H3,(H,21,22)/t13?,17-/m1/s1. The van der Waals surface area contributed by atoms with Gasteiger partial charge in [-0.15, -0.1) is 0 Å². The second-order valence-corrected chi connectivity index (χ2v) is 8.06. The van der Waals surface area contributed by atoms with E-state index in [0.29, 0.717) is 6.61 Å². The smallest absolute Gasteiger partial charge is 0.157 e. The maximum atomic E-state index is 5.78. The number of anilines is 2. The van der Waals surface area contributed by atoms with Crippen LogP contribution >= 0.6 is 0 Å². The molecule has 2 atom stereocenters. The van der Waals surface area contributed by atoms with E-state index in [-0.39, 0.29) is 17.7 Å². The molecular formula is C20H27N6O2. The molecule has 28 heavy (non-hydrogen) atoms. The molecule has 1 N–H and O–H groups in total. The fraction of sp³-hybridized carbons (Fsp3) is 0.500. The number of ether oxygens (including phenoxy) is 2. The van der Waals surface area contributed by atoms with Crippen molar-refractivity contribution >= 4 is 17.2 Å². The van der Waals surface area contributed by atoms with Crippen LogP contribution in [0.15, 0.2) is 24.5 Å². The lowest BCUT2D eigenvalue weighted by Crippen LogP contribution is -2.25. The van der Waals surface area contributed by atoms with E-state index in [1.165, 1.54) is 0 Å². The zero-order chi connectivity index (χ0) is 19.9. The highest BCUT2D eigenvalue weighted by Crippen LogP contribution is 2.33. The number of nitrogens with zero attached hydrogens (tertiary/aromatic N) is 5. The van der Waals surface area contributed by atoms with Crippen LogP contribution in [0.2, 0.25) is 0 Å². The zero-order valence-electron chi connectivity index (χ0n) is 17.0. The van der Waals surface area contributed by atoms with Crippen molar-refractivity contribution in [1.29, 1.82) is 0 Å². The van der Waals surface area contributed by atoms with Gasteiger partial charge in [-0.05, 0) is 46.6 Å². The molecule has 0 bridgehead atoms. The summed E-state index contributed by atoms with van der Waals surface area (Å²) in [6.07, 6.45) is 6.52. The topological polar surface area (TPSA) is 78.5 Å². The normalized spacial score (nSPS) is 18.7. The van der Waals surface area contributed by atoms with Crippen LogP contribution in [0.25, 0.3) is 5.52 Å². The van der Waals surface area contributed by atoms with Crippen molar-refractivity contribution in [2.75, 3.05) is 19.0 Å². The molecule has 3 aromatic rings. The third kappa shape index (κ3) is 3.49. The second kappa shape index (κ2) is 7.18. The molecule has 0 spiro atoms. The van der Waals surface area contributed by atoms with Crippen molar-refractivity contribution in [3.05, 3.63) is 42.3 Å². The fourth-order valence-corrected chi connectivity index (χ4v) is 3.31. The Balaban J connectivity index is 1.73. The van der Waals surface area contributed by atoms with Gasteiger partial charge in [0.2, 0.25) is 0 Å². The Labute approximate surface area is 164 Å². The van der Waals surface area contributed by atoms with Crippen LogP contribution in [-0.4, -0.2) is 38.1 Å². The van der Waals surface area contributed by atoms with E-state index >= 15 is 0 Å². The van der Waals surface area contributed by atoms with Gasteiger partial charge in [-0.25, -0.2) is 14.2 Å². The van der Waals surface area contributed by atoms with Crippen molar-refractivity contribution in [1.82, 2.24) is 24.4 Å². The molecule has 8 nitrogen and oxygen atoms in total. The number of fused-ring (bicyclic) bond motifs is 1. The third-order valence-corrected chi connectivity index (χ3v) is 4.91. The molecule has 1 aliphatic heterocycles. The summed E-state index contributed by atoms with van der Waals surface area (Å²) in [5.41, 5.74) is 2.48. The van der Waals surface area contributed by atoms with Crippen molar-refractivity contribution in [2.24, 2.45) is 0 Å². The molecule has 0 aliphatic carbocycles. The summed E-state index contributed by atoms with van der Waals surface area (Å²) in [5.74, 6) is 1.60. The maximum absolute atomic E-state index is 5.78. The average Bonchev–Trinajstić information content (AvgIpc) is 3.38. The predicted octanol–water partition coefficient (Wildman–Crippen LogP) is 3.80. The average molecular weight is 383 g/mol. The first kappa shape index (κ1) is 18.9. The molecule has 1 aliphatic rings. The van der Waals surface area contributed by atoms with Gasteiger partial charge in [0.25, 0.3) is 0 Å². The molecule has 1 fully saturated rings. The molecule has 8 heteroatoms. The number of rotatable bonds is 5. The van der Waals surface area contributed by atoms with Crippen LogP contribution < -0.4 is 5.32 Å². The summed E-state index contributed by atoms with van der Waals surface area (Å²) >= 11 is 0. The minimum Gasteiger partial charge on any atom is -0.375 e. The highest BCUT2D eigenvalue weighted by Gasteiger charge is 2.26. The van der Waals surface area contributed by atoms with E-state index in [1.54, 1.807) is 13.3 Å². The van der Waals surface area contributed by atoms with Crippen molar-refractivity contribution in [3.63, 3.8) is 0 Å². The molecule has 0 aromatic carbocycles. The zero-order valence-corrected chi connectivity index (χ0v) is 17.0. The number of aromatic nitrogens is 5. The summed E-state index contributed by atoms with van der Waals surface area (Å²) in [4.78, 5) is 4.54. The molecule has 3 aromatic heterocycles. The quantitative estimate of drug-likeness (QED) is 0.722. The minimum atomic E-state index is -0.191. The van der Waals surface area contributed by atoms with E-state index < -0.39 is 0 Å². The van der Waals surface area contributed by atoms with Crippen LogP contribution in [0.4, 0.5) is 11.6 Å². The first-order chi connectivity index (χ1) is 13.4. The number of hydrogen-bond acceptors (Lipinski definition) is 6. The van der Waals surface area contributed by atoms with Gasteiger partial charge in [-0.1, -0.05) is 0 Å². The number of hydrogen-bond donors (Lipinski definition) is 1. The third-order valence-electron chi connectivity index (χ3n) is 4.91. The summed E-state index contributed by atoms with van der Waals surface area (Å²) in [5, 5.41) is 12.9. The number of methoxy groups -OCH3 is 1. The Morgan fingerprint density at radius 3 is 2.79 bits per heavy atom. The molecule has 0 amide bonds. The summed E-state index contributed by atoms with van der Waals surface area (Å²) in [6, 6.07) is 4.05. The highest BCUT2D eigenvalue weighted by atomic mass is 16.5. The summed E-state index contributed by atoms with van der Waals surface area (Å²) < 4.78 is 15.0. The Hall–Kier alpha value is -2.45. The minimum absolute atomic E-state index is 0.0111. The molecule has 1 radical (unpaired) electrons. The van der Waals surface area contributed by atoms with Crippen molar-refractivity contribution in [3.8, 4) is 0 Å². The largest absolute Gasteiger partial charge is 0.375 e. The lowest BCUT2D eigenvalue weighted by atomic mass is 10.1. The van der Waals surface area contributed by atoms with Crippen LogP contribution in [0.5, 0.6) is 0 Å². The second-order valence-electron chi connectivity index (χ2n) is 8.06. The van der Waals surface area contributed by atoms with Gasteiger partial charge in [-0.3, -0.25) is 0 Å². The Kier molecular flexibility index (Phi) is 4.84. The van der Waals surface area contributed by atoms with Crippen molar-refractivity contribution < 1.29 is 9.47 Å². The first-order valence-electron chi connectivity index (χ1n) is 9.54. The van der Waals surface area contributed by atoms with E-state index in [4.69, 9.17) is 14.6 Å². The van der Waals surface area contributed by atoms with Crippen LogP contribution in [0, 0.1) is 6.42 Å². The lowest BCUT2D eigenvalue weighted by molar-refractivity contribution is 0.110. The van der Waals surface area contributed by atoms with Gasteiger partial charge < -0.3 is 14.8 Å². The highest BCUT2D eigenvalue weighted by molar-refractivity contribution is 5.72. The van der Waals surface area contributed by atoms with Crippen LogP contribution in [-0.2, 0) is 15.0 Å².